The fourth-order valence-corrected chi connectivity index (χ4v) is 2.40. The number of carbonyl (C=O) groups is 2. The summed E-state index contributed by atoms with van der Waals surface area (Å²) in [4.78, 5) is 23.7. The Kier molecular flexibility index (Phi) is 5.93. The lowest BCUT2D eigenvalue weighted by Crippen LogP contribution is -2.34. The third kappa shape index (κ3) is 5.96. The van der Waals surface area contributed by atoms with Gasteiger partial charge in [0.15, 0.2) is 0 Å². The lowest BCUT2D eigenvalue weighted by Gasteiger charge is -2.19. The molecule has 0 bridgehead atoms. The molecule has 2 rings (SSSR count). The molecular weight excluding hydrogens is 322 g/mol. The molecule has 0 aromatic heterocycles. The molecule has 1 N–H and O–H groups in total. The smallest absolute Gasteiger partial charge is 0.444 e. The van der Waals surface area contributed by atoms with E-state index in [-0.39, 0.29) is 18.1 Å². The summed E-state index contributed by atoms with van der Waals surface area (Å²) >= 11 is 0. The Morgan fingerprint density at radius 3 is 2.60 bits per heavy atom. The molecule has 0 heterocycles. The number of ether oxygens (including phenoxy) is 3. The molecule has 0 spiro atoms. The Labute approximate surface area is 148 Å². The number of benzene rings is 1. The van der Waals surface area contributed by atoms with Gasteiger partial charge >= 0.3 is 12.2 Å². The van der Waals surface area contributed by atoms with Crippen molar-refractivity contribution in [1.82, 2.24) is 5.32 Å². The van der Waals surface area contributed by atoms with E-state index >= 15 is 0 Å². The van der Waals surface area contributed by atoms with Gasteiger partial charge in [0.1, 0.15) is 17.5 Å². The maximum Gasteiger partial charge on any atom is 0.514 e. The third-order valence-corrected chi connectivity index (χ3v) is 3.88. The minimum absolute atomic E-state index is 0.0230. The van der Waals surface area contributed by atoms with E-state index in [2.05, 4.69) is 5.32 Å². The minimum atomic E-state index is -0.709. The van der Waals surface area contributed by atoms with Crippen LogP contribution < -0.4 is 10.1 Å². The molecule has 6 nitrogen and oxygen atoms in total. The molecule has 3 atom stereocenters. The van der Waals surface area contributed by atoms with Gasteiger partial charge in [0.2, 0.25) is 0 Å². The van der Waals surface area contributed by atoms with Gasteiger partial charge in [-0.2, -0.15) is 0 Å². The van der Waals surface area contributed by atoms with Crippen LogP contribution >= 0.6 is 0 Å². The van der Waals surface area contributed by atoms with E-state index in [9.17, 15) is 9.59 Å². The number of para-hydroxylation sites is 1. The van der Waals surface area contributed by atoms with E-state index in [1.54, 1.807) is 12.1 Å². The zero-order valence-corrected chi connectivity index (χ0v) is 15.5. The molecule has 138 valence electrons. The average Bonchev–Trinajstić information content (AvgIpc) is 3.24. The topological polar surface area (TPSA) is 73.9 Å². The van der Waals surface area contributed by atoms with Crippen molar-refractivity contribution in [1.29, 1.82) is 0 Å². The number of hydrogen-bond donors (Lipinski definition) is 1. The molecule has 0 saturated heterocycles. The maximum absolute atomic E-state index is 11.9. The Morgan fingerprint density at radius 2 is 1.96 bits per heavy atom. The first kappa shape index (κ1) is 19.1. The quantitative estimate of drug-likeness (QED) is 0.631. The summed E-state index contributed by atoms with van der Waals surface area (Å²) in [7, 11) is 0. The van der Waals surface area contributed by atoms with Gasteiger partial charge in [0, 0.05) is 17.5 Å². The number of hydrogen-bond acceptors (Lipinski definition) is 5. The average molecular weight is 349 g/mol. The van der Waals surface area contributed by atoms with Gasteiger partial charge in [0.05, 0.1) is 0 Å². The first-order valence-electron chi connectivity index (χ1n) is 8.66. The standard InChI is InChI=1S/C19H27NO5/c1-6-12(2)23-18(22)24-16-10-8-7-9-13(16)14-11-15(14)20-17(21)25-19(3,4)5/h7-10,12,14-15H,6,11H2,1-5H3,(H,20,21). The SMILES string of the molecule is CCC(C)OC(=O)Oc1ccccc1C1CC1NC(=O)OC(C)(C)C. The molecule has 1 aromatic rings. The van der Waals surface area contributed by atoms with Crippen molar-refractivity contribution in [3.63, 3.8) is 0 Å². The van der Waals surface area contributed by atoms with Crippen molar-refractivity contribution < 1.29 is 23.8 Å². The predicted octanol–water partition coefficient (Wildman–Crippen LogP) is 4.38. The highest BCUT2D eigenvalue weighted by molar-refractivity contribution is 5.69. The minimum Gasteiger partial charge on any atom is -0.444 e. The molecule has 6 heteroatoms. The summed E-state index contributed by atoms with van der Waals surface area (Å²) in [5, 5.41) is 2.85. The molecule has 1 aliphatic rings. The van der Waals surface area contributed by atoms with Gasteiger partial charge in [-0.3, -0.25) is 0 Å². The van der Waals surface area contributed by atoms with Crippen molar-refractivity contribution in [3.8, 4) is 5.75 Å². The van der Waals surface area contributed by atoms with Crippen LogP contribution in [0, 0.1) is 0 Å². The van der Waals surface area contributed by atoms with Gasteiger partial charge in [0.25, 0.3) is 0 Å². The highest BCUT2D eigenvalue weighted by Gasteiger charge is 2.42. The number of amides is 1. The number of rotatable bonds is 5. The van der Waals surface area contributed by atoms with Gasteiger partial charge in [-0.05, 0) is 46.6 Å². The van der Waals surface area contributed by atoms with Crippen molar-refractivity contribution >= 4 is 12.2 Å². The summed E-state index contributed by atoms with van der Waals surface area (Å²) in [6, 6.07) is 7.29. The summed E-state index contributed by atoms with van der Waals surface area (Å²) in [5.41, 5.74) is 0.347. The second-order valence-corrected chi connectivity index (χ2v) is 7.32. The van der Waals surface area contributed by atoms with Crippen LogP contribution in [0.3, 0.4) is 0 Å². The van der Waals surface area contributed by atoms with Crippen LogP contribution in [0.4, 0.5) is 9.59 Å². The first-order chi connectivity index (χ1) is 11.7. The van der Waals surface area contributed by atoms with Crippen LogP contribution in [-0.4, -0.2) is 30.0 Å². The second kappa shape index (κ2) is 7.76. The normalized spacial score (nSPS) is 20.4. The number of carbonyl (C=O) groups excluding carboxylic acids is 2. The highest BCUT2D eigenvalue weighted by Crippen LogP contribution is 2.44. The van der Waals surface area contributed by atoms with Gasteiger partial charge < -0.3 is 19.5 Å². The van der Waals surface area contributed by atoms with Crippen LogP contribution in [0.5, 0.6) is 5.75 Å². The molecule has 3 unspecified atom stereocenters. The molecule has 0 aliphatic heterocycles. The maximum atomic E-state index is 11.9. The molecule has 25 heavy (non-hydrogen) atoms. The van der Waals surface area contributed by atoms with Gasteiger partial charge in [-0.25, -0.2) is 9.59 Å². The zero-order valence-electron chi connectivity index (χ0n) is 15.5. The van der Waals surface area contributed by atoms with Crippen LogP contribution in [0.2, 0.25) is 0 Å². The molecule has 1 fully saturated rings. The van der Waals surface area contributed by atoms with Crippen LogP contribution in [0.15, 0.2) is 24.3 Å². The molecular formula is C19H27NO5. The van der Waals surface area contributed by atoms with Crippen LogP contribution in [0.1, 0.15) is 58.9 Å². The Hall–Kier alpha value is -2.24. The molecule has 1 amide bonds. The Morgan fingerprint density at radius 1 is 1.28 bits per heavy atom. The van der Waals surface area contributed by atoms with E-state index in [0.717, 1.165) is 18.4 Å². The fraction of sp³-hybridized carbons (Fsp3) is 0.579. The van der Waals surface area contributed by atoms with Crippen molar-refractivity contribution in [2.45, 2.75) is 71.1 Å². The largest absolute Gasteiger partial charge is 0.514 e. The third-order valence-electron chi connectivity index (χ3n) is 3.88. The van der Waals surface area contributed by atoms with Gasteiger partial charge in [-0.15, -0.1) is 0 Å². The van der Waals surface area contributed by atoms with E-state index < -0.39 is 17.8 Å². The van der Waals surface area contributed by atoms with E-state index in [1.165, 1.54) is 0 Å². The Balaban J connectivity index is 1.95. The van der Waals surface area contributed by atoms with Gasteiger partial charge in [-0.1, -0.05) is 25.1 Å². The monoisotopic (exact) mass is 349 g/mol. The summed E-state index contributed by atoms with van der Waals surface area (Å²) in [6.07, 6.45) is 0.164. The van der Waals surface area contributed by atoms with E-state index in [1.807, 2.05) is 46.8 Å². The van der Waals surface area contributed by atoms with Crippen LogP contribution in [0.25, 0.3) is 0 Å². The van der Waals surface area contributed by atoms with Crippen molar-refractivity contribution in [3.05, 3.63) is 29.8 Å². The molecule has 1 aliphatic carbocycles. The summed E-state index contributed by atoms with van der Waals surface area (Å²) in [6.45, 7) is 9.22. The lowest BCUT2D eigenvalue weighted by atomic mass is 10.1. The van der Waals surface area contributed by atoms with E-state index in [0.29, 0.717) is 5.75 Å². The molecule has 0 radical (unpaired) electrons. The molecule has 1 saturated carbocycles. The van der Waals surface area contributed by atoms with Crippen molar-refractivity contribution in [2.24, 2.45) is 0 Å². The number of alkyl carbamates (subject to hydrolysis) is 1. The summed E-state index contributed by atoms with van der Waals surface area (Å²) in [5.74, 6) is 0.564. The highest BCUT2D eigenvalue weighted by atomic mass is 16.7. The van der Waals surface area contributed by atoms with Crippen LogP contribution in [-0.2, 0) is 9.47 Å². The second-order valence-electron chi connectivity index (χ2n) is 7.32. The lowest BCUT2D eigenvalue weighted by molar-refractivity contribution is 0.0520. The van der Waals surface area contributed by atoms with E-state index in [4.69, 9.17) is 14.2 Å². The first-order valence-corrected chi connectivity index (χ1v) is 8.66. The summed E-state index contributed by atoms with van der Waals surface area (Å²) < 4.78 is 15.8. The molecule has 1 aromatic carbocycles. The number of nitrogens with one attached hydrogen (secondary N) is 1. The zero-order chi connectivity index (χ0) is 18.6. The fourth-order valence-electron chi connectivity index (χ4n) is 2.40. The van der Waals surface area contributed by atoms with Crippen molar-refractivity contribution in [2.75, 3.05) is 0 Å². The Bertz CT molecular complexity index is 622. The predicted molar refractivity (Wildman–Crippen MR) is 93.8 cm³/mol.